The largest absolute Gasteiger partial charge is 0.355 e. The molecule has 0 aromatic heterocycles. The summed E-state index contributed by atoms with van der Waals surface area (Å²) in [4.78, 5) is 38.3. The fourth-order valence-corrected chi connectivity index (χ4v) is 2.69. The van der Waals surface area contributed by atoms with Crippen molar-refractivity contribution >= 4 is 17.5 Å². The van der Waals surface area contributed by atoms with E-state index in [1.807, 2.05) is 11.8 Å². The van der Waals surface area contributed by atoms with E-state index in [1.54, 1.807) is 24.0 Å². The first-order valence-electron chi connectivity index (χ1n) is 7.95. The standard InChI is InChI=1S/C16H22N4O4/c1-3-17-15(21)11-18-6-8-19(9-7-18)16(22)13-5-4-12(2)14(10-13)20(23)24/h4-5,10H,3,6-9,11H2,1-2H3,(H,17,21). The normalized spacial score (nSPS) is 15.2. The molecule has 1 fully saturated rings. The van der Waals surface area contributed by atoms with E-state index in [4.69, 9.17) is 0 Å². The van der Waals surface area contributed by atoms with E-state index >= 15 is 0 Å². The van der Waals surface area contributed by atoms with Gasteiger partial charge in [-0.1, -0.05) is 6.07 Å². The lowest BCUT2D eigenvalue weighted by Crippen LogP contribution is -2.51. The van der Waals surface area contributed by atoms with E-state index in [0.29, 0.717) is 50.4 Å². The van der Waals surface area contributed by atoms with E-state index < -0.39 is 4.92 Å². The van der Waals surface area contributed by atoms with Gasteiger partial charge in [0.15, 0.2) is 0 Å². The van der Waals surface area contributed by atoms with Crippen molar-refractivity contribution in [1.29, 1.82) is 0 Å². The number of nitro groups is 1. The number of benzene rings is 1. The molecule has 24 heavy (non-hydrogen) atoms. The summed E-state index contributed by atoms with van der Waals surface area (Å²) in [5.41, 5.74) is 0.809. The number of hydrogen-bond donors (Lipinski definition) is 1. The monoisotopic (exact) mass is 334 g/mol. The average Bonchev–Trinajstić information content (AvgIpc) is 2.55. The summed E-state index contributed by atoms with van der Waals surface area (Å²) in [6.07, 6.45) is 0. The van der Waals surface area contributed by atoms with Crippen LogP contribution in [0.2, 0.25) is 0 Å². The number of nitrogens with zero attached hydrogens (tertiary/aromatic N) is 3. The van der Waals surface area contributed by atoms with Gasteiger partial charge in [-0.3, -0.25) is 24.6 Å². The number of amides is 2. The Kier molecular flexibility index (Phi) is 5.86. The highest BCUT2D eigenvalue weighted by molar-refractivity contribution is 5.95. The van der Waals surface area contributed by atoms with Crippen molar-refractivity contribution in [3.63, 3.8) is 0 Å². The Balaban J connectivity index is 1.97. The smallest absolute Gasteiger partial charge is 0.273 e. The zero-order valence-corrected chi connectivity index (χ0v) is 13.9. The summed E-state index contributed by atoms with van der Waals surface area (Å²) < 4.78 is 0. The van der Waals surface area contributed by atoms with E-state index in [2.05, 4.69) is 5.32 Å². The number of carbonyl (C=O) groups is 2. The molecule has 130 valence electrons. The van der Waals surface area contributed by atoms with Crippen molar-refractivity contribution in [2.75, 3.05) is 39.3 Å². The summed E-state index contributed by atoms with van der Waals surface area (Å²) in [6.45, 7) is 6.66. The third-order valence-electron chi connectivity index (χ3n) is 4.05. The summed E-state index contributed by atoms with van der Waals surface area (Å²) in [5.74, 6) is -0.234. The van der Waals surface area contributed by atoms with Crippen molar-refractivity contribution in [1.82, 2.24) is 15.1 Å². The second-order valence-electron chi connectivity index (χ2n) is 5.78. The molecule has 0 spiro atoms. The molecular formula is C16H22N4O4. The van der Waals surface area contributed by atoms with Crippen LogP contribution in [-0.2, 0) is 4.79 Å². The van der Waals surface area contributed by atoms with E-state index in [1.165, 1.54) is 6.07 Å². The van der Waals surface area contributed by atoms with Crippen LogP contribution in [0.5, 0.6) is 0 Å². The molecule has 1 N–H and O–H groups in total. The lowest BCUT2D eigenvalue weighted by molar-refractivity contribution is -0.385. The summed E-state index contributed by atoms with van der Waals surface area (Å²) in [7, 11) is 0. The molecule has 0 unspecified atom stereocenters. The lowest BCUT2D eigenvalue weighted by atomic mass is 10.1. The van der Waals surface area contributed by atoms with Gasteiger partial charge < -0.3 is 10.2 Å². The van der Waals surface area contributed by atoms with Crippen LogP contribution in [0.15, 0.2) is 18.2 Å². The molecule has 0 aliphatic carbocycles. The first-order valence-corrected chi connectivity index (χ1v) is 7.95. The maximum Gasteiger partial charge on any atom is 0.273 e. The van der Waals surface area contributed by atoms with E-state index in [0.717, 1.165) is 0 Å². The maximum absolute atomic E-state index is 12.5. The predicted octanol–water partition coefficient (Wildman–Crippen LogP) is 0.797. The lowest BCUT2D eigenvalue weighted by Gasteiger charge is -2.34. The minimum atomic E-state index is -0.476. The second-order valence-corrected chi connectivity index (χ2v) is 5.78. The van der Waals surface area contributed by atoms with Crippen LogP contribution >= 0.6 is 0 Å². The van der Waals surface area contributed by atoms with Gasteiger partial charge in [-0.05, 0) is 19.9 Å². The first kappa shape index (κ1) is 17.9. The summed E-state index contributed by atoms with van der Waals surface area (Å²) in [6, 6.07) is 4.54. The predicted molar refractivity (Wildman–Crippen MR) is 88.9 cm³/mol. The number of rotatable bonds is 5. The third kappa shape index (κ3) is 4.29. The van der Waals surface area contributed by atoms with Crippen LogP contribution in [0, 0.1) is 17.0 Å². The SMILES string of the molecule is CCNC(=O)CN1CCN(C(=O)c2ccc(C)c([N+](=O)[O-])c2)CC1. The molecule has 2 rings (SSSR count). The second kappa shape index (κ2) is 7.87. The van der Waals surface area contributed by atoms with Gasteiger partial charge in [-0.25, -0.2) is 0 Å². The van der Waals surface area contributed by atoms with Crippen molar-refractivity contribution in [2.45, 2.75) is 13.8 Å². The Hall–Kier alpha value is -2.48. The Morgan fingerprint density at radius 1 is 1.25 bits per heavy atom. The number of nitro benzene ring substituents is 1. The molecule has 1 aromatic carbocycles. The number of hydrogen-bond acceptors (Lipinski definition) is 5. The average molecular weight is 334 g/mol. The van der Waals surface area contributed by atoms with Gasteiger partial charge in [-0.2, -0.15) is 0 Å². The van der Waals surface area contributed by atoms with Crippen LogP contribution in [0.4, 0.5) is 5.69 Å². The van der Waals surface area contributed by atoms with Crippen molar-refractivity contribution in [2.24, 2.45) is 0 Å². The topological polar surface area (TPSA) is 95.8 Å². The number of carbonyl (C=O) groups excluding carboxylic acids is 2. The first-order chi connectivity index (χ1) is 11.4. The molecule has 0 atom stereocenters. The molecule has 1 heterocycles. The fourth-order valence-electron chi connectivity index (χ4n) is 2.69. The molecule has 1 aliphatic rings. The van der Waals surface area contributed by atoms with Crippen LogP contribution in [0.1, 0.15) is 22.8 Å². The van der Waals surface area contributed by atoms with Gasteiger partial charge in [0, 0.05) is 49.9 Å². The van der Waals surface area contributed by atoms with Crippen molar-refractivity contribution in [3.8, 4) is 0 Å². The zero-order chi connectivity index (χ0) is 17.7. The van der Waals surface area contributed by atoms with Crippen LogP contribution in [0.3, 0.4) is 0 Å². The van der Waals surface area contributed by atoms with Gasteiger partial charge >= 0.3 is 0 Å². The highest BCUT2D eigenvalue weighted by atomic mass is 16.6. The number of nitrogens with one attached hydrogen (secondary N) is 1. The van der Waals surface area contributed by atoms with Gasteiger partial charge in [-0.15, -0.1) is 0 Å². The Morgan fingerprint density at radius 3 is 2.50 bits per heavy atom. The minimum Gasteiger partial charge on any atom is -0.355 e. The summed E-state index contributed by atoms with van der Waals surface area (Å²) in [5, 5.41) is 13.8. The van der Waals surface area contributed by atoms with Crippen molar-refractivity contribution < 1.29 is 14.5 Å². The molecule has 0 bridgehead atoms. The zero-order valence-electron chi connectivity index (χ0n) is 13.9. The molecule has 8 nitrogen and oxygen atoms in total. The van der Waals surface area contributed by atoms with Crippen LogP contribution in [-0.4, -0.2) is 65.8 Å². The molecule has 2 amide bonds. The maximum atomic E-state index is 12.5. The molecule has 1 aliphatic heterocycles. The van der Waals surface area contributed by atoms with E-state index in [-0.39, 0.29) is 17.5 Å². The fraction of sp³-hybridized carbons (Fsp3) is 0.500. The van der Waals surface area contributed by atoms with Gasteiger partial charge in [0.05, 0.1) is 11.5 Å². The van der Waals surface area contributed by atoms with E-state index in [9.17, 15) is 19.7 Å². The Labute approximate surface area is 140 Å². The molecule has 0 radical (unpaired) electrons. The van der Waals surface area contributed by atoms with Crippen LogP contribution < -0.4 is 5.32 Å². The highest BCUT2D eigenvalue weighted by Gasteiger charge is 2.24. The van der Waals surface area contributed by atoms with Crippen molar-refractivity contribution in [3.05, 3.63) is 39.4 Å². The summed E-state index contributed by atoms with van der Waals surface area (Å²) >= 11 is 0. The Morgan fingerprint density at radius 2 is 1.92 bits per heavy atom. The molecule has 8 heteroatoms. The quantitative estimate of drug-likeness (QED) is 0.635. The van der Waals surface area contributed by atoms with Gasteiger partial charge in [0.1, 0.15) is 0 Å². The molecule has 0 saturated carbocycles. The molecule has 1 aromatic rings. The number of likely N-dealkylation sites (N-methyl/N-ethyl adjacent to an activating group) is 1. The highest BCUT2D eigenvalue weighted by Crippen LogP contribution is 2.20. The third-order valence-corrected chi connectivity index (χ3v) is 4.05. The molecule has 1 saturated heterocycles. The minimum absolute atomic E-state index is 0.0218. The number of aryl methyl sites for hydroxylation is 1. The number of piperazine rings is 1. The van der Waals surface area contributed by atoms with Gasteiger partial charge in [0.25, 0.3) is 11.6 Å². The Bertz CT molecular complexity index is 639. The molecular weight excluding hydrogens is 312 g/mol. The van der Waals surface area contributed by atoms with Gasteiger partial charge in [0.2, 0.25) is 5.91 Å². The van der Waals surface area contributed by atoms with Crippen LogP contribution in [0.25, 0.3) is 0 Å².